The summed E-state index contributed by atoms with van der Waals surface area (Å²) in [6, 6.07) is 20.3. The normalized spacial score (nSPS) is 11.3. The second kappa shape index (κ2) is 11.2. The number of amides is 2. The molecule has 0 radical (unpaired) electrons. The number of rotatable bonds is 9. The molecule has 170 valence electrons. The Balaban J connectivity index is 1.70. The molecule has 1 unspecified atom stereocenters. The van der Waals surface area contributed by atoms with Gasteiger partial charge < -0.3 is 20.5 Å². The van der Waals surface area contributed by atoms with E-state index in [-0.39, 0.29) is 22.3 Å². The second-order valence-electron chi connectivity index (χ2n) is 7.07. The summed E-state index contributed by atoms with van der Waals surface area (Å²) in [6.45, 7) is 1.93. The van der Waals surface area contributed by atoms with Crippen molar-refractivity contribution in [1.29, 1.82) is 0 Å². The van der Waals surface area contributed by atoms with Crippen LogP contribution in [-0.4, -0.2) is 35.2 Å². The first-order valence-corrected chi connectivity index (χ1v) is 11.1. The minimum Gasteiger partial charge on any atom is -0.497 e. The third kappa shape index (κ3) is 6.36. The van der Waals surface area contributed by atoms with Gasteiger partial charge in [0.05, 0.1) is 23.5 Å². The highest BCUT2D eigenvalue weighted by Crippen LogP contribution is 2.29. The average molecular weight is 465 g/mol. The first kappa shape index (κ1) is 23.9. The monoisotopic (exact) mass is 464 g/mol. The molecule has 33 heavy (non-hydrogen) atoms. The van der Waals surface area contributed by atoms with Crippen molar-refractivity contribution in [3.8, 4) is 5.75 Å². The number of hydrogen-bond acceptors (Lipinski definition) is 5. The van der Waals surface area contributed by atoms with Crippen molar-refractivity contribution in [3.63, 3.8) is 0 Å². The molecule has 7 nitrogen and oxygen atoms in total. The number of anilines is 2. The molecule has 0 fully saturated rings. The summed E-state index contributed by atoms with van der Waals surface area (Å²) in [7, 11) is 1.57. The van der Waals surface area contributed by atoms with Crippen molar-refractivity contribution in [2.24, 2.45) is 0 Å². The van der Waals surface area contributed by atoms with Crippen LogP contribution in [0, 0.1) is 0 Å². The van der Waals surface area contributed by atoms with Gasteiger partial charge in [0.15, 0.2) is 0 Å². The van der Waals surface area contributed by atoms with Crippen molar-refractivity contribution >= 4 is 40.9 Å². The van der Waals surface area contributed by atoms with Crippen molar-refractivity contribution in [2.75, 3.05) is 17.7 Å². The van der Waals surface area contributed by atoms with E-state index in [2.05, 4.69) is 10.6 Å². The lowest BCUT2D eigenvalue weighted by atomic mass is 10.1. The van der Waals surface area contributed by atoms with Crippen LogP contribution in [0.4, 0.5) is 11.4 Å². The number of carbonyl (C=O) groups is 3. The molecule has 0 aliphatic rings. The summed E-state index contributed by atoms with van der Waals surface area (Å²) in [5.41, 5.74) is 1.16. The molecule has 0 aromatic heterocycles. The predicted octanol–water partition coefficient (Wildman–Crippen LogP) is 5.16. The predicted molar refractivity (Wildman–Crippen MR) is 129 cm³/mol. The molecule has 3 N–H and O–H groups in total. The molecular weight excluding hydrogens is 440 g/mol. The summed E-state index contributed by atoms with van der Waals surface area (Å²) in [4.78, 5) is 37.6. The smallest absolute Gasteiger partial charge is 0.336 e. The van der Waals surface area contributed by atoms with Gasteiger partial charge in [0.25, 0.3) is 5.91 Å². The Morgan fingerprint density at radius 3 is 2.24 bits per heavy atom. The van der Waals surface area contributed by atoms with E-state index in [1.54, 1.807) is 61.7 Å². The van der Waals surface area contributed by atoms with Gasteiger partial charge in [0.2, 0.25) is 5.91 Å². The molecule has 0 saturated heterocycles. The number of methoxy groups -OCH3 is 1. The van der Waals surface area contributed by atoms with Crippen molar-refractivity contribution in [3.05, 3.63) is 83.9 Å². The minimum absolute atomic E-state index is 0.0687. The van der Waals surface area contributed by atoms with Crippen LogP contribution in [-0.2, 0) is 4.79 Å². The lowest BCUT2D eigenvalue weighted by molar-refractivity contribution is -0.115. The largest absolute Gasteiger partial charge is 0.497 e. The van der Waals surface area contributed by atoms with Crippen LogP contribution < -0.4 is 15.4 Å². The molecule has 3 rings (SSSR count). The number of ether oxygens (including phenoxy) is 1. The Kier molecular flexibility index (Phi) is 8.10. The van der Waals surface area contributed by atoms with Gasteiger partial charge in [-0.1, -0.05) is 31.2 Å². The molecule has 0 heterocycles. The molecule has 0 spiro atoms. The molecule has 3 aromatic rings. The fourth-order valence-electron chi connectivity index (χ4n) is 3.12. The number of aromatic carboxylic acids is 1. The Morgan fingerprint density at radius 2 is 1.58 bits per heavy atom. The van der Waals surface area contributed by atoms with Crippen LogP contribution >= 0.6 is 11.8 Å². The Hall–Kier alpha value is -3.78. The van der Waals surface area contributed by atoms with E-state index in [9.17, 15) is 19.5 Å². The summed E-state index contributed by atoms with van der Waals surface area (Å²) in [5.74, 6) is -1.17. The van der Waals surface area contributed by atoms with Gasteiger partial charge in [-0.2, -0.15) is 0 Å². The molecular formula is C25H24N2O5S. The van der Waals surface area contributed by atoms with E-state index in [0.29, 0.717) is 23.5 Å². The maximum absolute atomic E-state index is 12.8. The van der Waals surface area contributed by atoms with E-state index in [1.165, 1.54) is 23.9 Å². The summed E-state index contributed by atoms with van der Waals surface area (Å²) in [6.07, 6.45) is 0.600. The van der Waals surface area contributed by atoms with Crippen LogP contribution in [0.5, 0.6) is 5.75 Å². The van der Waals surface area contributed by atoms with E-state index in [4.69, 9.17) is 4.74 Å². The van der Waals surface area contributed by atoms with Gasteiger partial charge in [-0.25, -0.2) is 4.79 Å². The Bertz CT molecular complexity index is 1160. The first-order valence-electron chi connectivity index (χ1n) is 10.3. The van der Waals surface area contributed by atoms with Crippen molar-refractivity contribution in [2.45, 2.75) is 23.5 Å². The number of thioether (sulfide) groups is 1. The third-order valence-corrected chi connectivity index (χ3v) is 6.13. The number of nitrogens with one attached hydrogen (secondary N) is 2. The van der Waals surface area contributed by atoms with Crippen LogP contribution in [0.3, 0.4) is 0 Å². The molecule has 8 heteroatoms. The highest BCUT2D eigenvalue weighted by Gasteiger charge is 2.19. The Labute approximate surface area is 196 Å². The number of carbonyl (C=O) groups excluding carboxylic acids is 2. The van der Waals surface area contributed by atoms with Crippen molar-refractivity contribution in [1.82, 2.24) is 0 Å². The standard InChI is InChI=1S/C25H24N2O5S/c1-3-22(24(29)27-16-8-6-10-18(14-16)32-2)33-19-11-7-9-17(15-19)26-23(28)20-12-4-5-13-21(20)25(30)31/h4-15,22H,3H2,1-2H3,(H,26,28)(H,27,29)(H,30,31). The maximum atomic E-state index is 12.8. The van der Waals surface area contributed by atoms with E-state index >= 15 is 0 Å². The third-order valence-electron chi connectivity index (χ3n) is 4.77. The average Bonchev–Trinajstić information content (AvgIpc) is 2.82. The zero-order valence-corrected chi connectivity index (χ0v) is 19.0. The first-order chi connectivity index (χ1) is 15.9. The lowest BCUT2D eigenvalue weighted by Crippen LogP contribution is -2.24. The topological polar surface area (TPSA) is 105 Å². The van der Waals surface area contributed by atoms with Gasteiger partial charge in [-0.05, 0) is 48.9 Å². The van der Waals surface area contributed by atoms with Gasteiger partial charge in [-0.15, -0.1) is 11.8 Å². The van der Waals surface area contributed by atoms with Crippen LogP contribution in [0.15, 0.2) is 77.7 Å². The molecule has 0 bridgehead atoms. The number of benzene rings is 3. The Morgan fingerprint density at radius 1 is 0.909 bits per heavy atom. The fourth-order valence-corrected chi connectivity index (χ4v) is 4.14. The summed E-state index contributed by atoms with van der Waals surface area (Å²) < 4.78 is 5.19. The van der Waals surface area contributed by atoms with E-state index < -0.39 is 11.9 Å². The highest BCUT2D eigenvalue weighted by atomic mass is 32.2. The van der Waals surface area contributed by atoms with Gasteiger partial charge in [0, 0.05) is 22.3 Å². The quantitative estimate of drug-likeness (QED) is 0.378. The maximum Gasteiger partial charge on any atom is 0.336 e. The molecule has 0 aliphatic heterocycles. The summed E-state index contributed by atoms with van der Waals surface area (Å²) >= 11 is 1.38. The lowest BCUT2D eigenvalue weighted by Gasteiger charge is -2.16. The zero-order chi connectivity index (χ0) is 23.8. The van der Waals surface area contributed by atoms with Gasteiger partial charge in [-0.3, -0.25) is 9.59 Å². The van der Waals surface area contributed by atoms with Crippen molar-refractivity contribution < 1.29 is 24.2 Å². The molecule has 1 atom stereocenters. The number of carboxylic acids is 1. The van der Waals surface area contributed by atoms with Crippen LogP contribution in [0.25, 0.3) is 0 Å². The van der Waals surface area contributed by atoms with E-state index in [1.807, 2.05) is 13.0 Å². The second-order valence-corrected chi connectivity index (χ2v) is 8.34. The molecule has 3 aromatic carbocycles. The van der Waals surface area contributed by atoms with Crippen LogP contribution in [0.2, 0.25) is 0 Å². The highest BCUT2D eigenvalue weighted by molar-refractivity contribution is 8.00. The fraction of sp³-hybridized carbons (Fsp3) is 0.160. The number of hydrogen-bond donors (Lipinski definition) is 3. The van der Waals surface area contributed by atoms with Gasteiger partial charge >= 0.3 is 5.97 Å². The zero-order valence-electron chi connectivity index (χ0n) is 18.2. The summed E-state index contributed by atoms with van der Waals surface area (Å²) in [5, 5.41) is 14.6. The molecule has 0 saturated carbocycles. The SMILES string of the molecule is CCC(Sc1cccc(NC(=O)c2ccccc2C(=O)O)c1)C(=O)Nc1cccc(OC)c1. The number of carboxylic acid groups (broad SMARTS) is 1. The van der Waals surface area contributed by atoms with Gasteiger partial charge in [0.1, 0.15) is 5.75 Å². The molecule has 2 amide bonds. The van der Waals surface area contributed by atoms with E-state index in [0.717, 1.165) is 4.90 Å². The minimum atomic E-state index is -1.17. The van der Waals surface area contributed by atoms with Crippen LogP contribution in [0.1, 0.15) is 34.1 Å². The molecule has 0 aliphatic carbocycles.